The lowest BCUT2D eigenvalue weighted by molar-refractivity contribution is 0.369. The molecule has 0 saturated carbocycles. The maximum absolute atomic E-state index is 10.0. The Morgan fingerprint density at radius 1 is 1.08 bits per heavy atom. The Morgan fingerprint density at radius 2 is 1.77 bits per heavy atom. The molecule has 3 rings (SSSR count). The van der Waals surface area contributed by atoms with Crippen molar-refractivity contribution in [1.29, 1.82) is 0 Å². The van der Waals surface area contributed by atoms with E-state index in [1.54, 1.807) is 13.2 Å². The number of hydrogen-bond donors (Lipinski definition) is 2. The molecule has 0 amide bonds. The summed E-state index contributed by atoms with van der Waals surface area (Å²) in [6.07, 6.45) is 0. The van der Waals surface area contributed by atoms with Crippen molar-refractivity contribution in [3.8, 4) is 11.5 Å². The molecule has 2 aromatic rings. The van der Waals surface area contributed by atoms with Gasteiger partial charge in [-0.3, -0.25) is 4.99 Å². The van der Waals surface area contributed by atoms with E-state index in [1.807, 2.05) is 37.4 Å². The van der Waals surface area contributed by atoms with Crippen LogP contribution in [0.5, 0.6) is 11.5 Å². The Morgan fingerprint density at radius 3 is 2.38 bits per heavy atom. The molecule has 1 saturated heterocycles. The molecule has 1 fully saturated rings. The third kappa shape index (κ3) is 4.20. The maximum atomic E-state index is 10.0. The maximum Gasteiger partial charge on any atom is 0.194 e. The second-order valence-corrected chi connectivity index (χ2v) is 6.21. The summed E-state index contributed by atoms with van der Waals surface area (Å²) in [4.78, 5) is 8.88. The lowest BCUT2D eigenvalue weighted by Gasteiger charge is -2.37. The number of aliphatic imine (C=N–C) groups is 1. The van der Waals surface area contributed by atoms with Crippen LogP contribution in [0.15, 0.2) is 53.5 Å². The van der Waals surface area contributed by atoms with Crippen LogP contribution in [0.1, 0.15) is 5.56 Å². The van der Waals surface area contributed by atoms with Gasteiger partial charge in [0.1, 0.15) is 11.5 Å². The van der Waals surface area contributed by atoms with Crippen LogP contribution in [0.3, 0.4) is 0 Å². The van der Waals surface area contributed by atoms with Gasteiger partial charge in [-0.25, -0.2) is 0 Å². The van der Waals surface area contributed by atoms with Crippen LogP contribution in [0, 0.1) is 0 Å². The number of ether oxygens (including phenoxy) is 1. The van der Waals surface area contributed by atoms with Crippen LogP contribution in [0.25, 0.3) is 0 Å². The van der Waals surface area contributed by atoms with Crippen LogP contribution in [0.4, 0.5) is 5.69 Å². The Hall–Kier alpha value is -2.89. The normalized spacial score (nSPS) is 15.1. The number of phenolic OH excluding ortho intramolecular Hbond substituents is 1. The van der Waals surface area contributed by atoms with E-state index in [-0.39, 0.29) is 0 Å². The van der Waals surface area contributed by atoms with Gasteiger partial charge in [0.25, 0.3) is 0 Å². The van der Waals surface area contributed by atoms with E-state index in [0.29, 0.717) is 5.75 Å². The van der Waals surface area contributed by atoms with Crippen molar-refractivity contribution in [2.24, 2.45) is 4.99 Å². The molecule has 0 radical (unpaired) electrons. The first kappa shape index (κ1) is 17.9. The SMILES string of the molecule is CN=C(NCc1ccc(OC)cc1)N1CCN(c2ccccc2O)CC1. The Kier molecular flexibility index (Phi) is 5.84. The Labute approximate surface area is 154 Å². The highest BCUT2D eigenvalue weighted by Gasteiger charge is 2.21. The predicted molar refractivity (Wildman–Crippen MR) is 105 cm³/mol. The first-order valence-corrected chi connectivity index (χ1v) is 8.82. The van der Waals surface area contributed by atoms with Crippen molar-refractivity contribution in [3.63, 3.8) is 0 Å². The van der Waals surface area contributed by atoms with Crippen LogP contribution in [-0.2, 0) is 6.54 Å². The highest BCUT2D eigenvalue weighted by Crippen LogP contribution is 2.27. The van der Waals surface area contributed by atoms with Gasteiger partial charge in [0.2, 0.25) is 0 Å². The van der Waals surface area contributed by atoms with Crippen LogP contribution in [-0.4, -0.2) is 56.3 Å². The zero-order chi connectivity index (χ0) is 18.4. The third-order valence-electron chi connectivity index (χ3n) is 4.62. The number of aromatic hydroxyl groups is 1. The van der Waals surface area contributed by atoms with Crippen molar-refractivity contribution in [3.05, 3.63) is 54.1 Å². The van der Waals surface area contributed by atoms with E-state index in [2.05, 4.69) is 32.2 Å². The molecule has 0 aliphatic carbocycles. The number of nitrogens with one attached hydrogen (secondary N) is 1. The molecular weight excluding hydrogens is 328 g/mol. The number of nitrogens with zero attached hydrogens (tertiary/aromatic N) is 3. The minimum absolute atomic E-state index is 0.336. The second-order valence-electron chi connectivity index (χ2n) is 6.21. The topological polar surface area (TPSA) is 60.3 Å². The molecule has 0 atom stereocenters. The number of methoxy groups -OCH3 is 1. The van der Waals surface area contributed by atoms with Gasteiger partial charge >= 0.3 is 0 Å². The number of hydrogen-bond acceptors (Lipinski definition) is 4. The summed E-state index contributed by atoms with van der Waals surface area (Å²) < 4.78 is 5.19. The lowest BCUT2D eigenvalue weighted by atomic mass is 10.2. The van der Waals surface area contributed by atoms with E-state index in [0.717, 1.165) is 50.1 Å². The largest absolute Gasteiger partial charge is 0.506 e. The number of rotatable bonds is 4. The highest BCUT2D eigenvalue weighted by molar-refractivity contribution is 5.80. The van der Waals surface area contributed by atoms with Crippen molar-refractivity contribution in [2.45, 2.75) is 6.54 Å². The lowest BCUT2D eigenvalue weighted by Crippen LogP contribution is -2.52. The fourth-order valence-corrected chi connectivity index (χ4v) is 3.15. The van der Waals surface area contributed by atoms with Crippen LogP contribution in [0.2, 0.25) is 0 Å². The summed E-state index contributed by atoms with van der Waals surface area (Å²) in [5.41, 5.74) is 2.08. The molecule has 1 heterocycles. The van der Waals surface area contributed by atoms with Gasteiger partial charge in [-0.05, 0) is 29.8 Å². The zero-order valence-electron chi connectivity index (χ0n) is 15.4. The van der Waals surface area contributed by atoms with Crippen molar-refractivity contribution in [1.82, 2.24) is 10.2 Å². The molecule has 0 bridgehead atoms. The molecule has 0 aromatic heterocycles. The molecular formula is C20H26N4O2. The minimum Gasteiger partial charge on any atom is -0.506 e. The first-order chi connectivity index (χ1) is 12.7. The highest BCUT2D eigenvalue weighted by atomic mass is 16.5. The first-order valence-electron chi connectivity index (χ1n) is 8.82. The number of guanidine groups is 1. The van der Waals surface area contributed by atoms with Crippen molar-refractivity contribution < 1.29 is 9.84 Å². The molecule has 2 aromatic carbocycles. The molecule has 6 heteroatoms. The van der Waals surface area contributed by atoms with E-state index in [1.165, 1.54) is 5.56 Å². The fraction of sp³-hybridized carbons (Fsp3) is 0.350. The van der Waals surface area contributed by atoms with Crippen LogP contribution < -0.4 is 15.0 Å². The number of phenols is 1. The standard InChI is InChI=1S/C20H26N4O2/c1-21-20(22-15-16-7-9-17(26-2)10-8-16)24-13-11-23(12-14-24)18-5-3-4-6-19(18)25/h3-10,25H,11-15H2,1-2H3,(H,21,22). The van der Waals surface area contributed by atoms with Gasteiger partial charge in [-0.15, -0.1) is 0 Å². The van der Waals surface area contributed by atoms with Crippen molar-refractivity contribution >= 4 is 11.6 Å². The number of benzene rings is 2. The summed E-state index contributed by atoms with van der Waals surface area (Å²) in [7, 11) is 3.48. The van der Waals surface area contributed by atoms with Crippen molar-refractivity contribution in [2.75, 3.05) is 45.2 Å². The Balaban J connectivity index is 1.54. The summed E-state index contributed by atoms with van der Waals surface area (Å²) in [5, 5.41) is 13.5. The fourth-order valence-electron chi connectivity index (χ4n) is 3.15. The van der Waals surface area contributed by atoms with Gasteiger partial charge in [0, 0.05) is 39.8 Å². The van der Waals surface area contributed by atoms with Gasteiger partial charge in [-0.2, -0.15) is 0 Å². The van der Waals surface area contributed by atoms with E-state index >= 15 is 0 Å². The molecule has 0 unspecified atom stereocenters. The molecule has 0 spiro atoms. The van der Waals surface area contributed by atoms with Gasteiger partial charge in [0.15, 0.2) is 5.96 Å². The van der Waals surface area contributed by atoms with Gasteiger partial charge in [0.05, 0.1) is 12.8 Å². The van der Waals surface area contributed by atoms with Gasteiger partial charge in [-0.1, -0.05) is 24.3 Å². The molecule has 6 nitrogen and oxygen atoms in total. The smallest absolute Gasteiger partial charge is 0.194 e. The molecule has 138 valence electrons. The average molecular weight is 354 g/mol. The quantitative estimate of drug-likeness (QED) is 0.652. The Bertz CT molecular complexity index is 738. The molecule has 1 aliphatic heterocycles. The molecule has 26 heavy (non-hydrogen) atoms. The van der Waals surface area contributed by atoms with E-state index in [9.17, 15) is 5.11 Å². The second kappa shape index (κ2) is 8.47. The monoisotopic (exact) mass is 354 g/mol. The zero-order valence-corrected chi connectivity index (χ0v) is 15.4. The predicted octanol–water partition coefficient (Wildman–Crippen LogP) is 2.30. The average Bonchev–Trinajstić information content (AvgIpc) is 2.70. The van der Waals surface area contributed by atoms with Crippen LogP contribution >= 0.6 is 0 Å². The third-order valence-corrected chi connectivity index (χ3v) is 4.62. The summed E-state index contributed by atoms with van der Waals surface area (Å²) in [5.74, 6) is 2.10. The van der Waals surface area contributed by atoms with Gasteiger partial charge < -0.3 is 25.0 Å². The van der Waals surface area contributed by atoms with E-state index < -0.39 is 0 Å². The summed E-state index contributed by atoms with van der Waals surface area (Å²) in [6.45, 7) is 4.13. The van der Waals surface area contributed by atoms with E-state index in [4.69, 9.17) is 4.74 Å². The molecule has 1 aliphatic rings. The number of para-hydroxylation sites is 2. The molecule has 2 N–H and O–H groups in total. The minimum atomic E-state index is 0.336. The number of piperazine rings is 1. The summed E-state index contributed by atoms with van der Waals surface area (Å²) in [6, 6.07) is 15.5. The number of anilines is 1. The summed E-state index contributed by atoms with van der Waals surface area (Å²) >= 11 is 0.